The minimum absolute atomic E-state index is 0.000712. The maximum absolute atomic E-state index is 12.8. The fourth-order valence-corrected chi connectivity index (χ4v) is 3.67. The number of hydrogen-bond acceptors (Lipinski definition) is 5. The molecule has 3 rings (SSSR count). The third kappa shape index (κ3) is 3.86. The van der Waals surface area contributed by atoms with Gasteiger partial charge >= 0.3 is 6.09 Å². The molecule has 3 heterocycles. The zero-order valence-corrected chi connectivity index (χ0v) is 15.5. The van der Waals surface area contributed by atoms with E-state index in [-0.39, 0.29) is 29.4 Å². The highest BCUT2D eigenvalue weighted by Crippen LogP contribution is 2.32. The number of nitrogens with zero attached hydrogens (tertiary/aromatic N) is 4. The van der Waals surface area contributed by atoms with Gasteiger partial charge < -0.3 is 14.5 Å². The predicted octanol–water partition coefficient (Wildman–Crippen LogP) is 2.74. The summed E-state index contributed by atoms with van der Waals surface area (Å²) < 4.78 is 5.51. The fraction of sp³-hybridized carbons (Fsp3) is 0.647. The second-order valence-electron chi connectivity index (χ2n) is 7.48. The molecule has 0 aliphatic carbocycles. The van der Waals surface area contributed by atoms with Crippen LogP contribution in [0.15, 0.2) is 12.4 Å². The Morgan fingerprint density at radius 1 is 1.12 bits per heavy atom. The van der Waals surface area contributed by atoms with Crippen LogP contribution in [0.25, 0.3) is 0 Å². The third-order valence-corrected chi connectivity index (χ3v) is 4.76. The maximum atomic E-state index is 12.8. The van der Waals surface area contributed by atoms with Crippen molar-refractivity contribution < 1.29 is 14.3 Å². The van der Waals surface area contributed by atoms with Gasteiger partial charge in [0.2, 0.25) is 5.28 Å². The van der Waals surface area contributed by atoms with Gasteiger partial charge in [-0.05, 0) is 51.6 Å². The molecule has 2 fully saturated rings. The van der Waals surface area contributed by atoms with E-state index >= 15 is 0 Å². The largest absolute Gasteiger partial charge is 0.444 e. The summed E-state index contributed by atoms with van der Waals surface area (Å²) in [6.07, 6.45) is 5.07. The van der Waals surface area contributed by atoms with Crippen LogP contribution in [-0.4, -0.2) is 62.5 Å². The number of ether oxygens (including phenoxy) is 1. The van der Waals surface area contributed by atoms with Crippen LogP contribution in [0.2, 0.25) is 5.28 Å². The van der Waals surface area contributed by atoms with E-state index in [1.165, 1.54) is 12.4 Å². The van der Waals surface area contributed by atoms with Gasteiger partial charge in [-0.25, -0.2) is 14.8 Å². The second kappa shape index (κ2) is 6.78. The van der Waals surface area contributed by atoms with Gasteiger partial charge in [-0.2, -0.15) is 0 Å². The molecule has 0 bridgehead atoms. The number of rotatable bonds is 1. The summed E-state index contributed by atoms with van der Waals surface area (Å²) in [6.45, 7) is 6.84. The average Bonchev–Trinajstić information content (AvgIpc) is 2.97. The van der Waals surface area contributed by atoms with Gasteiger partial charge in [0.1, 0.15) is 5.60 Å². The Morgan fingerprint density at radius 3 is 2.40 bits per heavy atom. The molecular formula is C17H23ClN4O3. The van der Waals surface area contributed by atoms with Crippen LogP contribution >= 0.6 is 11.6 Å². The highest BCUT2D eigenvalue weighted by Gasteiger charge is 2.45. The Morgan fingerprint density at radius 2 is 1.76 bits per heavy atom. The Kier molecular flexibility index (Phi) is 4.86. The van der Waals surface area contributed by atoms with Crippen LogP contribution in [0.3, 0.4) is 0 Å². The van der Waals surface area contributed by atoms with Crippen molar-refractivity contribution in [1.82, 2.24) is 19.8 Å². The standard InChI is InChI=1S/C17H23ClN4O3/c1-17(2,3)25-16(24)22-8-6-13-12(22)5-4-7-21(13)14(23)11-9-19-15(18)20-10-11/h9-10,12-13H,4-8H2,1-3H3/t12-,13-/m1/s1. The van der Waals surface area contributed by atoms with Gasteiger partial charge in [0.15, 0.2) is 0 Å². The second-order valence-corrected chi connectivity index (χ2v) is 7.82. The fourth-order valence-electron chi connectivity index (χ4n) is 3.57. The zero-order chi connectivity index (χ0) is 18.2. The van der Waals surface area contributed by atoms with Gasteiger partial charge in [0, 0.05) is 25.5 Å². The van der Waals surface area contributed by atoms with E-state index < -0.39 is 5.60 Å². The molecule has 2 aliphatic heterocycles. The van der Waals surface area contributed by atoms with Crippen molar-refractivity contribution in [1.29, 1.82) is 0 Å². The Labute approximate surface area is 152 Å². The first-order valence-corrected chi connectivity index (χ1v) is 8.92. The van der Waals surface area contributed by atoms with Gasteiger partial charge in [-0.15, -0.1) is 0 Å². The van der Waals surface area contributed by atoms with Crippen LogP contribution in [0.5, 0.6) is 0 Å². The van der Waals surface area contributed by atoms with Crippen molar-refractivity contribution in [2.24, 2.45) is 0 Å². The summed E-state index contributed by atoms with van der Waals surface area (Å²) in [6, 6.07) is 0.00483. The number of halogens is 1. The lowest BCUT2D eigenvalue weighted by Crippen LogP contribution is -2.53. The summed E-state index contributed by atoms with van der Waals surface area (Å²) in [5.41, 5.74) is -0.110. The Bertz CT molecular complexity index is 659. The molecule has 2 amide bonds. The Hall–Kier alpha value is -1.89. The summed E-state index contributed by atoms with van der Waals surface area (Å²) in [5.74, 6) is -0.114. The molecule has 136 valence electrons. The minimum atomic E-state index is -0.528. The van der Waals surface area contributed by atoms with Crippen molar-refractivity contribution in [3.63, 3.8) is 0 Å². The SMILES string of the molecule is CC(C)(C)OC(=O)N1CC[C@@H]2[C@H]1CCCN2C(=O)c1cnc(Cl)nc1. The molecule has 0 aromatic carbocycles. The monoisotopic (exact) mass is 366 g/mol. The molecule has 2 aliphatic rings. The molecule has 2 saturated heterocycles. The van der Waals surface area contributed by atoms with E-state index in [0.29, 0.717) is 18.7 Å². The summed E-state index contributed by atoms with van der Waals surface area (Å²) in [4.78, 5) is 36.7. The number of piperidine rings is 1. The number of amides is 2. The predicted molar refractivity (Wildman–Crippen MR) is 92.4 cm³/mol. The highest BCUT2D eigenvalue weighted by atomic mass is 35.5. The molecule has 2 atom stereocenters. The molecule has 0 N–H and O–H groups in total. The Balaban J connectivity index is 1.74. The van der Waals surface area contributed by atoms with Crippen molar-refractivity contribution in [2.75, 3.05) is 13.1 Å². The van der Waals surface area contributed by atoms with Crippen LogP contribution < -0.4 is 0 Å². The number of aromatic nitrogens is 2. The maximum Gasteiger partial charge on any atom is 0.410 e. The van der Waals surface area contributed by atoms with Gasteiger partial charge in [0.05, 0.1) is 17.6 Å². The van der Waals surface area contributed by atoms with Gasteiger partial charge in [-0.1, -0.05) is 0 Å². The van der Waals surface area contributed by atoms with Gasteiger partial charge in [-0.3, -0.25) is 4.79 Å². The van der Waals surface area contributed by atoms with Crippen molar-refractivity contribution in [2.45, 2.75) is 57.7 Å². The average molecular weight is 367 g/mol. The van der Waals surface area contributed by atoms with Crippen LogP contribution in [-0.2, 0) is 4.74 Å². The zero-order valence-electron chi connectivity index (χ0n) is 14.7. The molecule has 25 heavy (non-hydrogen) atoms. The molecule has 1 aromatic heterocycles. The normalized spacial score (nSPS) is 23.4. The third-order valence-electron chi connectivity index (χ3n) is 4.57. The molecule has 7 nitrogen and oxygen atoms in total. The van der Waals surface area contributed by atoms with E-state index in [1.807, 2.05) is 25.7 Å². The molecular weight excluding hydrogens is 344 g/mol. The minimum Gasteiger partial charge on any atom is -0.444 e. The summed E-state index contributed by atoms with van der Waals surface area (Å²) >= 11 is 5.69. The lowest BCUT2D eigenvalue weighted by atomic mass is 9.96. The number of hydrogen-bond donors (Lipinski definition) is 0. The lowest BCUT2D eigenvalue weighted by Gasteiger charge is -2.40. The van der Waals surface area contributed by atoms with Crippen molar-refractivity contribution in [3.8, 4) is 0 Å². The van der Waals surface area contributed by atoms with E-state index in [4.69, 9.17) is 16.3 Å². The van der Waals surface area contributed by atoms with E-state index in [2.05, 4.69) is 9.97 Å². The first kappa shape index (κ1) is 17.9. The highest BCUT2D eigenvalue weighted by molar-refractivity contribution is 6.28. The number of carbonyl (C=O) groups is 2. The molecule has 0 saturated carbocycles. The summed E-state index contributed by atoms with van der Waals surface area (Å²) in [5, 5.41) is 0.116. The summed E-state index contributed by atoms with van der Waals surface area (Å²) in [7, 11) is 0. The molecule has 8 heteroatoms. The smallest absolute Gasteiger partial charge is 0.410 e. The topological polar surface area (TPSA) is 75.6 Å². The lowest BCUT2D eigenvalue weighted by molar-refractivity contribution is 0.0124. The van der Waals surface area contributed by atoms with E-state index in [1.54, 1.807) is 4.90 Å². The van der Waals surface area contributed by atoms with Crippen molar-refractivity contribution >= 4 is 23.6 Å². The van der Waals surface area contributed by atoms with E-state index in [9.17, 15) is 9.59 Å². The van der Waals surface area contributed by atoms with Crippen LogP contribution in [0, 0.1) is 0 Å². The van der Waals surface area contributed by atoms with Crippen LogP contribution in [0.4, 0.5) is 4.79 Å². The van der Waals surface area contributed by atoms with Crippen LogP contribution in [0.1, 0.15) is 50.4 Å². The van der Waals surface area contributed by atoms with Crippen molar-refractivity contribution in [3.05, 3.63) is 23.2 Å². The van der Waals surface area contributed by atoms with E-state index in [0.717, 1.165) is 19.3 Å². The molecule has 1 aromatic rings. The first-order chi connectivity index (χ1) is 11.8. The first-order valence-electron chi connectivity index (χ1n) is 8.54. The van der Waals surface area contributed by atoms with Gasteiger partial charge in [0.25, 0.3) is 5.91 Å². The number of fused-ring (bicyclic) bond motifs is 1. The number of carbonyl (C=O) groups excluding carboxylic acids is 2. The molecule has 0 radical (unpaired) electrons. The molecule has 0 unspecified atom stereocenters. The molecule has 0 spiro atoms. The quantitative estimate of drug-likeness (QED) is 0.714. The number of likely N-dealkylation sites (tertiary alicyclic amines) is 2.